The number of hydrogen-bond acceptors (Lipinski definition) is 11. The molecule has 0 aliphatic carbocycles. The van der Waals surface area contributed by atoms with Gasteiger partial charge in [0.05, 0.1) is 18.9 Å². The van der Waals surface area contributed by atoms with Crippen LogP contribution in [0.4, 0.5) is 5.82 Å². The van der Waals surface area contributed by atoms with E-state index in [9.17, 15) is 20.0 Å². The minimum Gasteiger partial charge on any atom is -0.462 e. The highest BCUT2D eigenvalue weighted by Crippen LogP contribution is 2.30. The first-order valence-corrected chi connectivity index (χ1v) is 9.58. The highest BCUT2D eigenvalue weighted by Gasteiger charge is 2.32. The number of hydrogen-bond donors (Lipinski definition) is 4. The average molecular weight is 422 g/mol. The summed E-state index contributed by atoms with van der Waals surface area (Å²) in [6.45, 7) is 7.11. The molecule has 30 heavy (non-hydrogen) atoms. The van der Waals surface area contributed by atoms with Crippen LogP contribution in [0, 0.1) is 0 Å². The number of aromatic amines is 1. The van der Waals surface area contributed by atoms with Gasteiger partial charge in [-0.05, 0) is 13.8 Å². The van der Waals surface area contributed by atoms with Crippen molar-refractivity contribution in [2.24, 2.45) is 9.98 Å². The molecule has 1 aliphatic rings. The molecule has 1 aromatic heterocycles. The summed E-state index contributed by atoms with van der Waals surface area (Å²) in [5.41, 5.74) is 0.0418. The van der Waals surface area contributed by atoms with Crippen LogP contribution in [0.3, 0.4) is 0 Å². The molecule has 4 N–H and O–H groups in total. The molecule has 164 valence electrons. The number of anilines is 1. The van der Waals surface area contributed by atoms with Crippen molar-refractivity contribution in [1.29, 1.82) is 0 Å². The lowest BCUT2D eigenvalue weighted by atomic mass is 10.2. The smallest absolute Gasteiger partial charge is 0.347 e. The monoisotopic (exact) mass is 422 g/mol. The molecule has 0 amide bonds. The van der Waals surface area contributed by atoms with Gasteiger partial charge in [0.25, 0.3) is 0 Å². The molecular formula is C18H26N6O6. The van der Waals surface area contributed by atoms with Crippen molar-refractivity contribution < 1.29 is 29.5 Å². The topological polar surface area (TPSA) is 162 Å². The third kappa shape index (κ3) is 5.21. The van der Waals surface area contributed by atoms with Gasteiger partial charge >= 0.3 is 11.9 Å². The van der Waals surface area contributed by atoms with Gasteiger partial charge in [0.15, 0.2) is 23.3 Å². The number of carbonyl (C=O) groups is 2. The van der Waals surface area contributed by atoms with E-state index >= 15 is 0 Å². The molecule has 1 atom stereocenters. The Morgan fingerprint density at radius 1 is 1.13 bits per heavy atom. The van der Waals surface area contributed by atoms with Crippen LogP contribution < -0.4 is 5.32 Å². The normalized spacial score (nSPS) is 15.2. The van der Waals surface area contributed by atoms with Crippen molar-refractivity contribution >= 4 is 29.4 Å². The van der Waals surface area contributed by atoms with Crippen LogP contribution in [0.2, 0.25) is 0 Å². The zero-order valence-corrected chi connectivity index (χ0v) is 17.3. The zero-order valence-electron chi connectivity index (χ0n) is 17.3. The van der Waals surface area contributed by atoms with E-state index in [1.54, 1.807) is 13.8 Å². The number of carbonyl (C=O) groups excluding carboxylic acids is 2. The molecule has 1 unspecified atom stereocenters. The van der Waals surface area contributed by atoms with E-state index in [0.717, 1.165) is 6.20 Å². The van der Waals surface area contributed by atoms with Gasteiger partial charge in [-0.15, -0.1) is 5.23 Å². The largest absolute Gasteiger partial charge is 0.462 e. The standard InChI is InChI=1S/C18H26N6O6/c1-5-11-20-13(14-16(24(27)28)23-12(6-2)21-14)15(22-11)19-9-10(17(25)29-7-3)18(26)30-8-4/h9,14,19,27-28H,5-8H2,1-4H3,(H,20,22). The van der Waals surface area contributed by atoms with Crippen molar-refractivity contribution in [3.05, 3.63) is 23.3 Å². The number of aromatic nitrogens is 2. The fraction of sp³-hybridized carbons (Fsp3) is 0.500. The second-order valence-corrected chi connectivity index (χ2v) is 6.00. The van der Waals surface area contributed by atoms with Crippen molar-refractivity contribution in [2.75, 3.05) is 18.5 Å². The molecular weight excluding hydrogens is 396 g/mol. The van der Waals surface area contributed by atoms with Crippen molar-refractivity contribution in [1.82, 2.24) is 15.2 Å². The lowest BCUT2D eigenvalue weighted by molar-refractivity contribution is -0.246. The third-order valence-corrected chi connectivity index (χ3v) is 4.02. The van der Waals surface area contributed by atoms with Gasteiger partial charge in [-0.1, -0.05) is 13.8 Å². The van der Waals surface area contributed by atoms with Crippen LogP contribution in [0.15, 0.2) is 21.8 Å². The van der Waals surface area contributed by atoms with Crippen LogP contribution in [0.5, 0.6) is 0 Å². The lowest BCUT2D eigenvalue weighted by Gasteiger charge is -2.14. The molecule has 12 nitrogen and oxygen atoms in total. The summed E-state index contributed by atoms with van der Waals surface area (Å²) in [5.74, 6) is -0.558. The highest BCUT2D eigenvalue weighted by atomic mass is 16.8. The van der Waals surface area contributed by atoms with E-state index in [4.69, 9.17) is 9.47 Å². The Morgan fingerprint density at radius 2 is 1.77 bits per heavy atom. The maximum absolute atomic E-state index is 12.1. The third-order valence-electron chi connectivity index (χ3n) is 4.02. The lowest BCUT2D eigenvalue weighted by Crippen LogP contribution is -2.27. The van der Waals surface area contributed by atoms with E-state index in [2.05, 4.69) is 25.3 Å². The molecule has 0 saturated heterocycles. The predicted octanol–water partition coefficient (Wildman–Crippen LogP) is 1.74. The summed E-state index contributed by atoms with van der Waals surface area (Å²) in [4.78, 5) is 40.2. The Balaban J connectivity index is 2.42. The Morgan fingerprint density at radius 3 is 2.27 bits per heavy atom. The summed E-state index contributed by atoms with van der Waals surface area (Å²) in [5, 5.41) is 21.8. The molecule has 0 saturated carbocycles. The maximum Gasteiger partial charge on any atom is 0.347 e. The molecule has 12 heteroatoms. The molecule has 0 bridgehead atoms. The molecule has 0 spiro atoms. The number of rotatable bonds is 9. The SMILES string of the molecule is CCOC(=O)C(=CNc1nc(CC)[nH]c1C1N=C(CC)N=C1N(O)O)C(=O)OCC. The average Bonchev–Trinajstić information content (AvgIpc) is 3.32. The minimum atomic E-state index is -0.868. The summed E-state index contributed by atoms with van der Waals surface area (Å²) in [6, 6.07) is -0.868. The summed E-state index contributed by atoms with van der Waals surface area (Å²) in [6.07, 6.45) is 2.18. The van der Waals surface area contributed by atoms with Gasteiger partial charge in [0.1, 0.15) is 11.7 Å². The number of hydroxylamine groups is 2. The second-order valence-electron chi connectivity index (χ2n) is 6.00. The number of aryl methyl sites for hydroxylation is 1. The quantitative estimate of drug-likeness (QED) is 0.153. The second kappa shape index (κ2) is 10.5. The van der Waals surface area contributed by atoms with Crippen LogP contribution in [-0.4, -0.2) is 62.4 Å². The Bertz CT molecular complexity index is 853. The Kier molecular flexibility index (Phi) is 8.07. The zero-order chi connectivity index (χ0) is 22.3. The number of imidazole rings is 1. The van der Waals surface area contributed by atoms with Crippen LogP contribution in [0.25, 0.3) is 0 Å². The van der Waals surface area contributed by atoms with Crippen molar-refractivity contribution in [3.8, 4) is 0 Å². The number of aliphatic imine (C=N–C) groups is 2. The van der Waals surface area contributed by atoms with Crippen LogP contribution in [-0.2, 0) is 25.5 Å². The molecule has 2 rings (SSSR count). The molecule has 0 radical (unpaired) electrons. The van der Waals surface area contributed by atoms with E-state index in [1.807, 2.05) is 13.8 Å². The van der Waals surface area contributed by atoms with E-state index in [0.29, 0.717) is 30.2 Å². The van der Waals surface area contributed by atoms with Gasteiger partial charge in [-0.25, -0.2) is 19.6 Å². The fourth-order valence-corrected chi connectivity index (χ4v) is 2.62. The number of amidine groups is 2. The minimum absolute atomic E-state index is 0.0858. The summed E-state index contributed by atoms with van der Waals surface area (Å²) < 4.78 is 9.81. The highest BCUT2D eigenvalue weighted by molar-refractivity contribution is 6.14. The number of ether oxygens (including phenoxy) is 2. The molecule has 0 aromatic carbocycles. The molecule has 0 fully saturated rings. The fourth-order valence-electron chi connectivity index (χ4n) is 2.62. The first kappa shape index (κ1) is 23.0. The van der Waals surface area contributed by atoms with Crippen LogP contribution >= 0.6 is 0 Å². The van der Waals surface area contributed by atoms with Gasteiger partial charge in [0, 0.05) is 19.0 Å². The molecule has 1 aromatic rings. The summed E-state index contributed by atoms with van der Waals surface area (Å²) >= 11 is 0. The molecule has 2 heterocycles. The van der Waals surface area contributed by atoms with Gasteiger partial charge in [-0.3, -0.25) is 15.4 Å². The van der Waals surface area contributed by atoms with Gasteiger partial charge in [-0.2, -0.15) is 0 Å². The molecule has 1 aliphatic heterocycles. The van der Waals surface area contributed by atoms with E-state index in [-0.39, 0.29) is 35.7 Å². The number of nitrogens with zero attached hydrogens (tertiary/aromatic N) is 4. The van der Waals surface area contributed by atoms with Gasteiger partial charge < -0.3 is 19.8 Å². The van der Waals surface area contributed by atoms with E-state index < -0.39 is 18.0 Å². The summed E-state index contributed by atoms with van der Waals surface area (Å²) in [7, 11) is 0. The van der Waals surface area contributed by atoms with Crippen LogP contribution in [0.1, 0.15) is 51.7 Å². The van der Waals surface area contributed by atoms with E-state index in [1.165, 1.54) is 0 Å². The van der Waals surface area contributed by atoms with Crippen molar-refractivity contribution in [2.45, 2.75) is 46.6 Å². The first-order valence-electron chi connectivity index (χ1n) is 9.58. The van der Waals surface area contributed by atoms with Gasteiger partial charge in [0.2, 0.25) is 0 Å². The van der Waals surface area contributed by atoms with Crippen molar-refractivity contribution in [3.63, 3.8) is 0 Å². The number of esters is 2. The number of H-pyrrole nitrogens is 1. The predicted molar refractivity (Wildman–Crippen MR) is 106 cm³/mol. The number of nitrogens with one attached hydrogen (secondary N) is 2. The maximum atomic E-state index is 12.1. The Labute approximate surface area is 173 Å². The first-order chi connectivity index (χ1) is 14.4. The Hall–Kier alpha value is -3.25.